The third-order valence-electron chi connectivity index (χ3n) is 6.97. The van der Waals surface area contributed by atoms with Crippen LogP contribution in [0.2, 0.25) is 0 Å². The number of benzene rings is 2. The molecule has 2 nitrogen and oxygen atoms in total. The largest absolute Gasteiger partial charge is 2.00 e. The number of aryl methyl sites for hydroxylation is 2. The fourth-order valence-corrected chi connectivity index (χ4v) is 10.7. The van der Waals surface area contributed by atoms with E-state index in [1.807, 2.05) is 12.1 Å². The summed E-state index contributed by atoms with van der Waals surface area (Å²) in [5, 5.41) is 4.33. The standard InChI is InChI=1S/C29H28O2P2.C5H6.Fe/c1-21-11-4-6-14-25(21)32(26-15-7-5-12-22(26)2)23(3)24-13-8-16-27(24)33(28-17-9-19-30-28)29-18-10-20-31-29;1-2-4-5-3-1;/h4-20,23-24H,1-3H3;1-4H,5H2;/q;;+2. The molecule has 2 atom stereocenters. The van der Waals surface area contributed by atoms with Crippen LogP contribution in [0.4, 0.5) is 0 Å². The van der Waals surface area contributed by atoms with Crippen LogP contribution in [0.15, 0.2) is 142 Å². The molecule has 198 valence electrons. The van der Waals surface area contributed by atoms with E-state index < -0.39 is 15.8 Å². The monoisotopic (exact) mass is 592 g/mol. The van der Waals surface area contributed by atoms with Crippen molar-refractivity contribution in [2.45, 2.75) is 32.9 Å². The molecule has 5 heteroatoms. The van der Waals surface area contributed by atoms with Crippen molar-refractivity contribution in [1.29, 1.82) is 0 Å². The van der Waals surface area contributed by atoms with Gasteiger partial charge in [0, 0.05) is 5.92 Å². The Bertz CT molecular complexity index is 1360. The van der Waals surface area contributed by atoms with Gasteiger partial charge in [-0.05, 0) is 85.2 Å². The second kappa shape index (κ2) is 14.1. The molecule has 2 aliphatic rings. The second-order valence-electron chi connectivity index (χ2n) is 9.52. The van der Waals surface area contributed by atoms with Gasteiger partial charge in [-0.25, -0.2) is 0 Å². The van der Waals surface area contributed by atoms with E-state index in [1.165, 1.54) is 27.1 Å². The third-order valence-corrected chi connectivity index (χ3v) is 12.5. The quantitative estimate of drug-likeness (QED) is 0.161. The van der Waals surface area contributed by atoms with Gasteiger partial charge in [-0.3, -0.25) is 0 Å². The van der Waals surface area contributed by atoms with Gasteiger partial charge in [-0.1, -0.05) is 98.0 Å². The summed E-state index contributed by atoms with van der Waals surface area (Å²) in [4.78, 5) is 0. The van der Waals surface area contributed by atoms with Crippen LogP contribution in [0.5, 0.6) is 0 Å². The van der Waals surface area contributed by atoms with Crippen molar-refractivity contribution in [1.82, 2.24) is 0 Å². The van der Waals surface area contributed by atoms with Crippen molar-refractivity contribution >= 4 is 37.5 Å². The summed E-state index contributed by atoms with van der Waals surface area (Å²) in [6.45, 7) is 6.92. The van der Waals surface area contributed by atoms with Crippen LogP contribution < -0.4 is 21.6 Å². The minimum Gasteiger partial charge on any atom is -0.464 e. The van der Waals surface area contributed by atoms with Crippen LogP contribution in [0.25, 0.3) is 0 Å². The molecule has 2 unspecified atom stereocenters. The molecule has 0 saturated heterocycles. The maximum absolute atomic E-state index is 5.93. The van der Waals surface area contributed by atoms with Crippen LogP contribution >= 0.6 is 15.8 Å². The van der Waals surface area contributed by atoms with Crippen molar-refractivity contribution in [2.24, 2.45) is 5.92 Å². The Morgan fingerprint density at radius 2 is 1.26 bits per heavy atom. The molecule has 0 amide bonds. The summed E-state index contributed by atoms with van der Waals surface area (Å²) >= 11 is 0. The Kier molecular flexibility index (Phi) is 10.6. The van der Waals surface area contributed by atoms with Gasteiger partial charge in [0.15, 0.2) is 0 Å². The molecule has 6 rings (SSSR count). The maximum atomic E-state index is 5.93. The molecule has 0 fully saturated rings. The van der Waals surface area contributed by atoms with Crippen LogP contribution in [-0.4, -0.2) is 5.66 Å². The van der Waals surface area contributed by atoms with Gasteiger partial charge in [0.05, 0.1) is 20.4 Å². The van der Waals surface area contributed by atoms with Crippen molar-refractivity contribution in [3.05, 3.63) is 144 Å². The summed E-state index contributed by atoms with van der Waals surface area (Å²) in [7, 11) is -1.43. The first-order valence-corrected chi connectivity index (χ1v) is 15.9. The Hall–Kier alpha value is -2.66. The molecule has 2 aromatic carbocycles. The number of hydrogen-bond acceptors (Lipinski definition) is 2. The molecule has 4 aromatic rings. The van der Waals surface area contributed by atoms with Crippen LogP contribution in [-0.2, 0) is 17.1 Å². The van der Waals surface area contributed by atoms with Gasteiger partial charge in [0.1, 0.15) is 11.0 Å². The zero-order valence-corrected chi connectivity index (χ0v) is 25.4. The molecule has 0 N–H and O–H groups in total. The molecule has 0 saturated carbocycles. The SMILES string of the molecule is C1=CCC=C1.Cc1ccccc1P(c1ccccc1C)C(C)C1C=CC=C1P(c1ccco1)c1ccco1.[Fe+2]. The minimum absolute atomic E-state index is 0. The number of furan rings is 2. The van der Waals surface area contributed by atoms with Crippen LogP contribution in [0.3, 0.4) is 0 Å². The molecular weight excluding hydrogens is 558 g/mol. The maximum Gasteiger partial charge on any atom is 2.00 e. The topological polar surface area (TPSA) is 26.3 Å². The Morgan fingerprint density at radius 3 is 1.69 bits per heavy atom. The van der Waals surface area contributed by atoms with Crippen molar-refractivity contribution in [3.8, 4) is 0 Å². The summed E-state index contributed by atoms with van der Waals surface area (Å²) in [6, 6.07) is 25.9. The Labute approximate surface area is 245 Å². The first-order valence-electron chi connectivity index (χ1n) is 13.1. The zero-order chi connectivity index (χ0) is 26.3. The normalized spacial score (nSPS) is 16.2. The van der Waals surface area contributed by atoms with Crippen LogP contribution in [0, 0.1) is 19.8 Å². The zero-order valence-electron chi connectivity index (χ0n) is 22.6. The molecule has 0 spiro atoms. The molecule has 2 aliphatic carbocycles. The number of rotatable bonds is 7. The molecule has 0 radical (unpaired) electrons. The summed E-state index contributed by atoms with van der Waals surface area (Å²) in [6.07, 6.45) is 19.9. The van der Waals surface area contributed by atoms with E-state index in [4.69, 9.17) is 8.83 Å². The van der Waals surface area contributed by atoms with E-state index in [1.54, 1.807) is 12.5 Å². The minimum atomic E-state index is -0.852. The van der Waals surface area contributed by atoms with Crippen molar-refractivity contribution < 1.29 is 25.9 Å². The first kappa shape index (κ1) is 29.3. The Balaban J connectivity index is 0.000000530. The molecule has 2 heterocycles. The smallest absolute Gasteiger partial charge is 0.464 e. The van der Waals surface area contributed by atoms with Gasteiger partial charge < -0.3 is 8.83 Å². The van der Waals surface area contributed by atoms with E-state index in [0.29, 0.717) is 11.6 Å². The fraction of sp³-hybridized carbons (Fsp3) is 0.176. The average molecular weight is 592 g/mol. The summed E-state index contributed by atoms with van der Waals surface area (Å²) < 4.78 is 11.9. The molecular formula is C34H34FeO2P2+2. The third kappa shape index (κ3) is 6.74. The number of hydrogen-bond donors (Lipinski definition) is 0. The van der Waals surface area contributed by atoms with Gasteiger partial charge in [0.25, 0.3) is 0 Å². The second-order valence-corrected chi connectivity index (χ2v) is 14.1. The van der Waals surface area contributed by atoms with E-state index in [0.717, 1.165) is 17.4 Å². The van der Waals surface area contributed by atoms with E-state index in [-0.39, 0.29) is 17.1 Å². The predicted octanol–water partition coefficient (Wildman–Crippen LogP) is 8.01. The molecule has 0 bridgehead atoms. The van der Waals surface area contributed by atoms with Crippen molar-refractivity contribution in [3.63, 3.8) is 0 Å². The summed E-state index contributed by atoms with van der Waals surface area (Å²) in [5.41, 5.74) is 5.13. The van der Waals surface area contributed by atoms with Crippen LogP contribution in [0.1, 0.15) is 24.5 Å². The summed E-state index contributed by atoms with van der Waals surface area (Å²) in [5.74, 6) is 0.316. The molecule has 39 heavy (non-hydrogen) atoms. The van der Waals surface area contributed by atoms with Gasteiger partial charge in [-0.2, -0.15) is 0 Å². The number of allylic oxidation sites excluding steroid dienone is 8. The van der Waals surface area contributed by atoms with Crippen molar-refractivity contribution in [2.75, 3.05) is 0 Å². The molecule has 0 aliphatic heterocycles. The average Bonchev–Trinajstić information content (AvgIpc) is 3.77. The van der Waals surface area contributed by atoms with Gasteiger partial charge >= 0.3 is 17.1 Å². The molecule has 2 aromatic heterocycles. The Morgan fingerprint density at radius 1 is 0.718 bits per heavy atom. The van der Waals surface area contributed by atoms with Gasteiger partial charge in [-0.15, -0.1) is 0 Å². The fourth-order valence-electron chi connectivity index (χ4n) is 5.06. The van der Waals surface area contributed by atoms with E-state index in [9.17, 15) is 0 Å². The van der Waals surface area contributed by atoms with E-state index >= 15 is 0 Å². The first-order chi connectivity index (χ1) is 18.6. The predicted molar refractivity (Wildman–Crippen MR) is 165 cm³/mol. The van der Waals surface area contributed by atoms with Gasteiger partial charge in [0.2, 0.25) is 0 Å². The van der Waals surface area contributed by atoms with E-state index in [2.05, 4.69) is 124 Å².